The number of hydrogen-bond donors (Lipinski definition) is 0. The molecule has 1 aromatic heterocycles. The Morgan fingerprint density at radius 3 is 2.59 bits per heavy atom. The number of nitrogens with zero attached hydrogens (tertiary/aromatic N) is 2. The Balaban J connectivity index is 2.24. The van der Waals surface area contributed by atoms with Gasteiger partial charge in [-0.3, -0.25) is 4.79 Å². The fourth-order valence-corrected chi connectivity index (χ4v) is 2.78. The first-order chi connectivity index (χ1) is 7.88. The molecule has 0 N–H and O–H groups in total. The summed E-state index contributed by atoms with van der Waals surface area (Å²) in [5, 5.41) is -0.561. The van der Waals surface area contributed by atoms with Gasteiger partial charge in [0.2, 0.25) is 15.0 Å². The SMILES string of the molecule is O=C1CC(S(=O)(=O)Cl)CN1c1ccc(Cl)nc1. The number of hydrogen-bond acceptors (Lipinski definition) is 4. The largest absolute Gasteiger partial charge is 0.309 e. The first-order valence-corrected chi connectivity index (χ1v) is 7.48. The maximum atomic E-state index is 11.7. The topological polar surface area (TPSA) is 67.3 Å². The number of halogens is 2. The van der Waals surface area contributed by atoms with Crippen molar-refractivity contribution in [2.75, 3.05) is 11.4 Å². The first-order valence-electron chi connectivity index (χ1n) is 4.73. The van der Waals surface area contributed by atoms with E-state index in [0.29, 0.717) is 10.8 Å². The molecule has 2 rings (SSSR count). The van der Waals surface area contributed by atoms with Crippen LogP contribution in [0.15, 0.2) is 18.3 Å². The van der Waals surface area contributed by atoms with Crippen molar-refractivity contribution in [3.63, 3.8) is 0 Å². The predicted molar refractivity (Wildman–Crippen MR) is 64.8 cm³/mol. The highest BCUT2D eigenvalue weighted by atomic mass is 35.7. The number of carbonyl (C=O) groups excluding carboxylic acids is 1. The van der Waals surface area contributed by atoms with Gasteiger partial charge in [-0.05, 0) is 12.1 Å². The average molecular weight is 295 g/mol. The highest BCUT2D eigenvalue weighted by Gasteiger charge is 2.38. The van der Waals surface area contributed by atoms with Crippen molar-refractivity contribution in [1.82, 2.24) is 4.98 Å². The second-order valence-corrected chi connectivity index (χ2v) is 6.94. The number of aromatic nitrogens is 1. The van der Waals surface area contributed by atoms with Crippen molar-refractivity contribution in [3.8, 4) is 0 Å². The van der Waals surface area contributed by atoms with Gasteiger partial charge < -0.3 is 4.90 Å². The molecule has 5 nitrogen and oxygen atoms in total. The van der Waals surface area contributed by atoms with Gasteiger partial charge in [-0.1, -0.05) is 11.6 Å². The normalized spacial score (nSPS) is 20.9. The summed E-state index contributed by atoms with van der Waals surface area (Å²) < 4.78 is 22.3. The maximum absolute atomic E-state index is 11.7. The molecule has 1 unspecified atom stereocenters. The van der Waals surface area contributed by atoms with Crippen LogP contribution < -0.4 is 4.90 Å². The molecular weight excluding hydrogens is 287 g/mol. The minimum absolute atomic E-state index is 0.0496. The van der Waals surface area contributed by atoms with Crippen molar-refractivity contribution >= 4 is 42.9 Å². The zero-order valence-electron chi connectivity index (χ0n) is 8.51. The van der Waals surface area contributed by atoms with Crippen molar-refractivity contribution in [2.45, 2.75) is 11.7 Å². The molecule has 0 saturated carbocycles. The van der Waals surface area contributed by atoms with Gasteiger partial charge in [0, 0.05) is 23.6 Å². The van der Waals surface area contributed by atoms with E-state index < -0.39 is 14.3 Å². The van der Waals surface area contributed by atoms with E-state index in [9.17, 15) is 13.2 Å². The standard InChI is InChI=1S/C9H8Cl2N2O3S/c10-8-2-1-6(4-12-8)13-5-7(3-9(13)14)17(11,15)16/h1-2,4,7H,3,5H2. The van der Waals surface area contributed by atoms with Crippen LogP contribution >= 0.6 is 22.3 Å². The molecule has 0 bridgehead atoms. The molecule has 1 aliphatic heterocycles. The molecule has 17 heavy (non-hydrogen) atoms. The lowest BCUT2D eigenvalue weighted by Gasteiger charge is -2.15. The van der Waals surface area contributed by atoms with Crippen LogP contribution in [0.3, 0.4) is 0 Å². The summed E-state index contributed by atoms with van der Waals surface area (Å²) in [5.74, 6) is -0.289. The molecule has 8 heteroatoms. The molecule has 1 amide bonds. The Hall–Kier alpha value is -0.850. The third kappa shape index (κ3) is 2.70. The van der Waals surface area contributed by atoms with Gasteiger partial charge in [-0.15, -0.1) is 0 Å². The van der Waals surface area contributed by atoms with Gasteiger partial charge in [0.25, 0.3) is 0 Å². The van der Waals surface area contributed by atoms with Gasteiger partial charge in [0.05, 0.1) is 11.9 Å². The van der Waals surface area contributed by atoms with Crippen LogP contribution in [0.5, 0.6) is 0 Å². The van der Waals surface area contributed by atoms with E-state index in [1.165, 1.54) is 17.2 Å². The molecule has 0 aliphatic carbocycles. The Bertz CT molecular complexity index is 544. The second-order valence-electron chi connectivity index (χ2n) is 3.65. The van der Waals surface area contributed by atoms with Gasteiger partial charge in [0.15, 0.2) is 0 Å². The first kappa shape index (κ1) is 12.6. The van der Waals surface area contributed by atoms with Crippen LogP contribution in [0.2, 0.25) is 5.15 Å². The van der Waals surface area contributed by atoms with Crippen LogP contribution in [0.25, 0.3) is 0 Å². The average Bonchev–Trinajstić information content (AvgIpc) is 2.61. The fraction of sp³-hybridized carbons (Fsp3) is 0.333. The lowest BCUT2D eigenvalue weighted by molar-refractivity contribution is -0.117. The number of pyridine rings is 1. The van der Waals surface area contributed by atoms with Gasteiger partial charge >= 0.3 is 0 Å². The fourth-order valence-electron chi connectivity index (χ4n) is 1.64. The van der Waals surface area contributed by atoms with Gasteiger partial charge in [-0.2, -0.15) is 0 Å². The van der Waals surface area contributed by atoms with E-state index in [0.717, 1.165) is 0 Å². The summed E-state index contributed by atoms with van der Waals surface area (Å²) in [6.45, 7) is 0.0496. The van der Waals surface area contributed by atoms with Crippen molar-refractivity contribution in [3.05, 3.63) is 23.5 Å². The molecule has 1 atom stereocenters. The van der Waals surface area contributed by atoms with Gasteiger partial charge in [0.1, 0.15) is 10.4 Å². The molecule has 0 spiro atoms. The minimum atomic E-state index is -3.72. The zero-order chi connectivity index (χ0) is 12.6. The van der Waals surface area contributed by atoms with Crippen molar-refractivity contribution in [1.29, 1.82) is 0 Å². The Morgan fingerprint density at radius 2 is 2.12 bits per heavy atom. The third-order valence-electron chi connectivity index (χ3n) is 2.51. The van der Waals surface area contributed by atoms with Crippen molar-refractivity contribution in [2.24, 2.45) is 0 Å². The van der Waals surface area contributed by atoms with Crippen LogP contribution in [-0.2, 0) is 13.8 Å². The maximum Gasteiger partial charge on any atom is 0.237 e. The van der Waals surface area contributed by atoms with E-state index in [1.54, 1.807) is 6.07 Å². The third-order valence-corrected chi connectivity index (χ3v) is 4.60. The van der Waals surface area contributed by atoms with E-state index in [2.05, 4.69) is 4.98 Å². The molecule has 0 aromatic carbocycles. The molecule has 2 heterocycles. The summed E-state index contributed by atoms with van der Waals surface area (Å²) in [6, 6.07) is 3.14. The van der Waals surface area contributed by atoms with Crippen LogP contribution in [-0.4, -0.2) is 31.1 Å². The monoisotopic (exact) mass is 294 g/mol. The molecule has 1 aliphatic rings. The lowest BCUT2D eigenvalue weighted by atomic mass is 10.4. The highest BCUT2D eigenvalue weighted by molar-refractivity contribution is 8.14. The molecule has 1 aromatic rings. The Kier molecular flexibility index (Phi) is 3.29. The van der Waals surface area contributed by atoms with Crippen LogP contribution in [0.1, 0.15) is 6.42 Å². The number of amides is 1. The molecule has 1 saturated heterocycles. The van der Waals surface area contributed by atoms with E-state index in [-0.39, 0.29) is 18.9 Å². The summed E-state index contributed by atoms with van der Waals surface area (Å²) in [7, 11) is 1.52. The predicted octanol–water partition coefficient (Wildman–Crippen LogP) is 1.41. The van der Waals surface area contributed by atoms with E-state index >= 15 is 0 Å². The van der Waals surface area contributed by atoms with Crippen LogP contribution in [0, 0.1) is 0 Å². The van der Waals surface area contributed by atoms with Crippen molar-refractivity contribution < 1.29 is 13.2 Å². The number of anilines is 1. The summed E-state index contributed by atoms with van der Waals surface area (Å²) in [4.78, 5) is 16.8. The lowest BCUT2D eigenvalue weighted by Crippen LogP contribution is -2.26. The number of carbonyl (C=O) groups is 1. The molecular formula is C9H8Cl2N2O3S. The molecule has 92 valence electrons. The highest BCUT2D eigenvalue weighted by Crippen LogP contribution is 2.26. The summed E-state index contributed by atoms with van der Waals surface area (Å²) >= 11 is 5.62. The molecule has 1 fully saturated rings. The Morgan fingerprint density at radius 1 is 1.41 bits per heavy atom. The quantitative estimate of drug-likeness (QED) is 0.611. The zero-order valence-corrected chi connectivity index (χ0v) is 10.8. The summed E-state index contributed by atoms with van der Waals surface area (Å²) in [5.41, 5.74) is 0.516. The molecule has 0 radical (unpaired) electrons. The Labute approximate surface area is 108 Å². The van der Waals surface area contributed by atoms with Crippen LogP contribution in [0.4, 0.5) is 5.69 Å². The van der Waals surface area contributed by atoms with E-state index in [4.69, 9.17) is 22.3 Å². The second kappa shape index (κ2) is 4.44. The van der Waals surface area contributed by atoms with E-state index in [1.807, 2.05) is 0 Å². The summed E-state index contributed by atoms with van der Waals surface area (Å²) in [6.07, 6.45) is 1.32. The minimum Gasteiger partial charge on any atom is -0.309 e. The number of rotatable bonds is 2. The van der Waals surface area contributed by atoms with Gasteiger partial charge in [-0.25, -0.2) is 13.4 Å². The smallest absolute Gasteiger partial charge is 0.237 e.